The standard InChI is InChI=1S/C20H23N3O2/c1-20(2,19(24)25-3)15-7-6-10-23(13-15)18-14(11-21)12-22-17-9-5-4-8-16(17)18/h4-5,8-9,12,15H,6-7,10,13H2,1-3H3. The van der Waals surface area contributed by atoms with Crippen LogP contribution in [0.2, 0.25) is 0 Å². The van der Waals surface area contributed by atoms with E-state index in [1.165, 1.54) is 7.11 Å². The average molecular weight is 337 g/mol. The fourth-order valence-corrected chi connectivity index (χ4v) is 3.75. The fourth-order valence-electron chi connectivity index (χ4n) is 3.75. The molecule has 0 N–H and O–H groups in total. The number of hydrogen-bond donors (Lipinski definition) is 0. The van der Waals surface area contributed by atoms with Crippen LogP contribution in [0, 0.1) is 22.7 Å². The van der Waals surface area contributed by atoms with Crippen LogP contribution in [0.25, 0.3) is 10.9 Å². The van der Waals surface area contributed by atoms with E-state index in [4.69, 9.17) is 4.74 Å². The van der Waals surface area contributed by atoms with Gasteiger partial charge in [-0.05, 0) is 38.7 Å². The Hall–Kier alpha value is -2.61. The molecule has 1 aliphatic rings. The predicted molar refractivity (Wildman–Crippen MR) is 97.2 cm³/mol. The van der Waals surface area contributed by atoms with Crippen LogP contribution < -0.4 is 4.90 Å². The van der Waals surface area contributed by atoms with E-state index in [-0.39, 0.29) is 11.9 Å². The molecule has 0 aliphatic carbocycles. The Kier molecular flexibility index (Phi) is 4.63. The number of esters is 1. The number of carbonyl (C=O) groups excluding carboxylic acids is 1. The average Bonchev–Trinajstić information content (AvgIpc) is 2.66. The number of nitrogens with zero attached hydrogens (tertiary/aromatic N) is 3. The van der Waals surface area contributed by atoms with Gasteiger partial charge in [0.2, 0.25) is 0 Å². The first-order valence-corrected chi connectivity index (χ1v) is 8.60. The maximum absolute atomic E-state index is 12.2. The Morgan fingerprint density at radius 3 is 2.88 bits per heavy atom. The highest BCUT2D eigenvalue weighted by Gasteiger charge is 2.40. The van der Waals surface area contributed by atoms with Crippen molar-refractivity contribution >= 4 is 22.6 Å². The number of pyridine rings is 1. The quantitative estimate of drug-likeness (QED) is 0.802. The van der Waals surface area contributed by atoms with Gasteiger partial charge >= 0.3 is 5.97 Å². The maximum atomic E-state index is 12.2. The molecule has 0 radical (unpaired) electrons. The molecule has 1 saturated heterocycles. The van der Waals surface area contributed by atoms with Crippen molar-refractivity contribution in [2.75, 3.05) is 25.1 Å². The zero-order chi connectivity index (χ0) is 18.0. The minimum Gasteiger partial charge on any atom is -0.469 e. The van der Waals surface area contributed by atoms with Crippen LogP contribution in [0.1, 0.15) is 32.3 Å². The number of anilines is 1. The van der Waals surface area contributed by atoms with Gasteiger partial charge in [-0.3, -0.25) is 9.78 Å². The van der Waals surface area contributed by atoms with Gasteiger partial charge < -0.3 is 9.64 Å². The molecule has 0 amide bonds. The zero-order valence-electron chi connectivity index (χ0n) is 15.0. The number of nitriles is 1. The lowest BCUT2D eigenvalue weighted by Gasteiger charge is -2.41. The fraction of sp³-hybridized carbons (Fsp3) is 0.450. The molecule has 2 heterocycles. The Balaban J connectivity index is 2.01. The Bertz CT molecular complexity index is 838. The first-order valence-electron chi connectivity index (χ1n) is 8.60. The normalized spacial score (nSPS) is 18.0. The lowest BCUT2D eigenvalue weighted by atomic mass is 9.74. The van der Waals surface area contributed by atoms with Gasteiger partial charge in [-0.25, -0.2) is 0 Å². The van der Waals surface area contributed by atoms with E-state index in [1.807, 2.05) is 38.1 Å². The van der Waals surface area contributed by atoms with Crippen LogP contribution >= 0.6 is 0 Å². The number of hydrogen-bond acceptors (Lipinski definition) is 5. The minimum absolute atomic E-state index is 0.173. The molecular formula is C20H23N3O2. The van der Waals surface area contributed by atoms with Gasteiger partial charge in [0.15, 0.2) is 0 Å². The molecule has 2 aromatic rings. The summed E-state index contributed by atoms with van der Waals surface area (Å²) in [7, 11) is 1.44. The van der Waals surface area contributed by atoms with Gasteiger partial charge in [-0.1, -0.05) is 18.2 Å². The van der Waals surface area contributed by atoms with Gasteiger partial charge in [0.1, 0.15) is 6.07 Å². The third-order valence-electron chi connectivity index (χ3n) is 5.34. The molecule has 5 nitrogen and oxygen atoms in total. The molecule has 1 aliphatic heterocycles. The topological polar surface area (TPSA) is 66.2 Å². The van der Waals surface area contributed by atoms with Crippen molar-refractivity contribution in [3.63, 3.8) is 0 Å². The SMILES string of the molecule is COC(=O)C(C)(C)C1CCCN(c2c(C#N)cnc3ccccc23)C1. The number of rotatable bonds is 3. The maximum Gasteiger partial charge on any atom is 0.311 e. The van der Waals surface area contributed by atoms with Crippen LogP contribution in [0.3, 0.4) is 0 Å². The molecule has 0 spiro atoms. The molecule has 0 saturated carbocycles. The molecule has 5 heteroatoms. The number of aromatic nitrogens is 1. The molecule has 130 valence electrons. The monoisotopic (exact) mass is 337 g/mol. The van der Waals surface area contributed by atoms with Crippen LogP contribution in [0.4, 0.5) is 5.69 Å². The summed E-state index contributed by atoms with van der Waals surface area (Å²) in [6.45, 7) is 5.49. The molecule has 3 rings (SSSR count). The van der Waals surface area contributed by atoms with Crippen molar-refractivity contribution in [2.45, 2.75) is 26.7 Å². The Labute approximate surface area is 148 Å². The smallest absolute Gasteiger partial charge is 0.311 e. The summed E-state index contributed by atoms with van der Waals surface area (Å²) in [5, 5.41) is 10.6. The van der Waals surface area contributed by atoms with E-state index in [0.29, 0.717) is 5.56 Å². The number of ether oxygens (including phenoxy) is 1. The second kappa shape index (κ2) is 6.72. The Morgan fingerprint density at radius 1 is 1.40 bits per heavy atom. The first-order chi connectivity index (χ1) is 12.0. The first kappa shape index (κ1) is 17.2. The van der Waals surface area contributed by atoms with Crippen molar-refractivity contribution in [3.8, 4) is 6.07 Å². The van der Waals surface area contributed by atoms with Crippen molar-refractivity contribution in [1.82, 2.24) is 4.98 Å². The minimum atomic E-state index is -0.553. The summed E-state index contributed by atoms with van der Waals surface area (Å²) >= 11 is 0. The van der Waals surface area contributed by atoms with Crippen molar-refractivity contribution < 1.29 is 9.53 Å². The summed E-state index contributed by atoms with van der Waals surface area (Å²) in [4.78, 5) is 18.8. The number of methoxy groups -OCH3 is 1. The summed E-state index contributed by atoms with van der Waals surface area (Å²) in [6, 6.07) is 10.2. The van der Waals surface area contributed by atoms with Gasteiger partial charge in [0, 0.05) is 24.7 Å². The number of fused-ring (bicyclic) bond motifs is 1. The summed E-state index contributed by atoms with van der Waals surface area (Å²) in [5.74, 6) is -0.00777. The molecule has 1 atom stereocenters. The molecule has 1 fully saturated rings. The van der Waals surface area contributed by atoms with E-state index >= 15 is 0 Å². The van der Waals surface area contributed by atoms with Gasteiger partial charge in [0.25, 0.3) is 0 Å². The van der Waals surface area contributed by atoms with Gasteiger partial charge in [0.05, 0.1) is 29.3 Å². The van der Waals surface area contributed by atoms with Gasteiger partial charge in [-0.2, -0.15) is 5.26 Å². The molecule has 25 heavy (non-hydrogen) atoms. The van der Waals surface area contributed by atoms with Crippen LogP contribution in [-0.2, 0) is 9.53 Å². The molecule has 1 aromatic carbocycles. The second-order valence-corrected chi connectivity index (χ2v) is 7.15. The highest BCUT2D eigenvalue weighted by molar-refractivity contribution is 5.94. The summed E-state index contributed by atoms with van der Waals surface area (Å²) < 4.78 is 5.00. The molecular weight excluding hydrogens is 314 g/mol. The summed E-state index contributed by atoms with van der Waals surface area (Å²) in [6.07, 6.45) is 3.60. The van der Waals surface area contributed by atoms with E-state index in [0.717, 1.165) is 42.5 Å². The van der Waals surface area contributed by atoms with Crippen LogP contribution in [-0.4, -0.2) is 31.2 Å². The van der Waals surface area contributed by atoms with E-state index in [1.54, 1.807) is 6.20 Å². The van der Waals surface area contributed by atoms with Crippen molar-refractivity contribution in [2.24, 2.45) is 11.3 Å². The van der Waals surface area contributed by atoms with Gasteiger partial charge in [-0.15, -0.1) is 0 Å². The van der Waals surface area contributed by atoms with E-state index in [9.17, 15) is 10.1 Å². The third-order valence-corrected chi connectivity index (χ3v) is 5.34. The molecule has 0 bridgehead atoms. The zero-order valence-corrected chi connectivity index (χ0v) is 15.0. The highest BCUT2D eigenvalue weighted by atomic mass is 16.5. The molecule has 1 aromatic heterocycles. The van der Waals surface area contributed by atoms with E-state index < -0.39 is 5.41 Å². The highest BCUT2D eigenvalue weighted by Crippen LogP contribution is 2.39. The summed E-state index contributed by atoms with van der Waals surface area (Å²) in [5.41, 5.74) is 1.84. The Morgan fingerprint density at radius 2 is 2.16 bits per heavy atom. The van der Waals surface area contributed by atoms with Crippen LogP contribution in [0.15, 0.2) is 30.5 Å². The van der Waals surface area contributed by atoms with Crippen LogP contribution in [0.5, 0.6) is 0 Å². The largest absolute Gasteiger partial charge is 0.469 e. The lowest BCUT2D eigenvalue weighted by Crippen LogP contribution is -2.45. The number of piperidine rings is 1. The number of benzene rings is 1. The van der Waals surface area contributed by atoms with Crippen molar-refractivity contribution in [1.29, 1.82) is 5.26 Å². The lowest BCUT2D eigenvalue weighted by molar-refractivity contribution is -0.154. The van der Waals surface area contributed by atoms with E-state index in [2.05, 4.69) is 16.0 Å². The molecule has 1 unspecified atom stereocenters. The van der Waals surface area contributed by atoms with Crippen molar-refractivity contribution in [3.05, 3.63) is 36.0 Å². The second-order valence-electron chi connectivity index (χ2n) is 7.15. The number of para-hydroxylation sites is 1. The number of carbonyl (C=O) groups is 1. The third kappa shape index (κ3) is 3.05. The predicted octanol–water partition coefficient (Wildman–Crippen LogP) is 3.52.